The lowest BCUT2D eigenvalue weighted by Gasteiger charge is -2.24. The summed E-state index contributed by atoms with van der Waals surface area (Å²) in [6.07, 6.45) is -4.56. The Balaban J connectivity index is 3.11. The summed E-state index contributed by atoms with van der Waals surface area (Å²) in [6, 6.07) is 4.28. The molecule has 1 rings (SSSR count). The molecule has 0 atom stereocenters. The molecule has 0 saturated carbocycles. The summed E-state index contributed by atoms with van der Waals surface area (Å²) in [7, 11) is 0. The number of anilines is 1. The molecule has 0 saturated heterocycles. The number of hydrogen-bond donors (Lipinski definition) is 2. The van der Waals surface area contributed by atoms with E-state index in [2.05, 4.69) is 0 Å². The van der Waals surface area contributed by atoms with E-state index in [1.54, 1.807) is 6.92 Å². The normalized spacial score (nSPS) is 11.3. The van der Waals surface area contributed by atoms with E-state index in [1.807, 2.05) is 0 Å². The quantitative estimate of drug-likeness (QED) is 0.784. The Morgan fingerprint density at radius 1 is 1.43 bits per heavy atom. The lowest BCUT2D eigenvalue weighted by atomic mass is 10.1. The number of nitrogen functional groups attached to an aromatic ring is 1. The molecule has 8 heteroatoms. The van der Waals surface area contributed by atoms with E-state index >= 15 is 0 Å². The van der Waals surface area contributed by atoms with Crippen LogP contribution >= 0.6 is 0 Å². The summed E-state index contributed by atoms with van der Waals surface area (Å²) < 4.78 is 42.7. The van der Waals surface area contributed by atoms with Crippen LogP contribution in [0, 0.1) is 0 Å². The molecule has 0 radical (unpaired) electrons. The Bertz CT molecular complexity index is 492. The number of rotatable bonds is 6. The molecule has 0 spiro atoms. The monoisotopic (exact) mass is 306 g/mol. The predicted molar refractivity (Wildman–Crippen MR) is 71.1 cm³/mol. The standard InChI is InChI=1S/C13H17F3N2O3/c1-2-21-11-9(4-3-5-10(11)17)12(20)18(6-7-19)8-13(14,15)16/h3-5,19H,2,6-8,17H2,1H3. The van der Waals surface area contributed by atoms with Crippen LogP contribution in [0.2, 0.25) is 0 Å². The number of halogens is 3. The van der Waals surface area contributed by atoms with Gasteiger partial charge in [0.15, 0.2) is 5.75 Å². The highest BCUT2D eigenvalue weighted by atomic mass is 19.4. The minimum atomic E-state index is -4.56. The van der Waals surface area contributed by atoms with Gasteiger partial charge in [0.25, 0.3) is 5.91 Å². The number of para-hydroxylation sites is 1. The first kappa shape index (κ1) is 17.1. The smallest absolute Gasteiger partial charge is 0.406 e. The van der Waals surface area contributed by atoms with E-state index in [-0.39, 0.29) is 23.6 Å². The Labute approximate surface area is 120 Å². The second-order valence-corrected chi connectivity index (χ2v) is 4.22. The minimum absolute atomic E-state index is 0.0510. The van der Waals surface area contributed by atoms with E-state index in [4.69, 9.17) is 15.6 Å². The van der Waals surface area contributed by atoms with Crippen LogP contribution < -0.4 is 10.5 Å². The summed E-state index contributed by atoms with van der Waals surface area (Å²) in [5.41, 5.74) is 5.78. The Morgan fingerprint density at radius 3 is 2.62 bits per heavy atom. The fourth-order valence-corrected chi connectivity index (χ4v) is 1.79. The van der Waals surface area contributed by atoms with E-state index < -0.39 is 31.8 Å². The van der Waals surface area contributed by atoms with Crippen molar-refractivity contribution in [3.8, 4) is 5.75 Å². The Hall–Kier alpha value is -1.96. The van der Waals surface area contributed by atoms with E-state index in [9.17, 15) is 18.0 Å². The molecule has 118 valence electrons. The van der Waals surface area contributed by atoms with Gasteiger partial charge in [-0.05, 0) is 19.1 Å². The molecule has 0 aliphatic heterocycles. The highest BCUT2D eigenvalue weighted by molar-refractivity contribution is 5.98. The number of hydrogen-bond acceptors (Lipinski definition) is 4. The maximum absolute atomic E-state index is 12.5. The topological polar surface area (TPSA) is 75.8 Å². The largest absolute Gasteiger partial charge is 0.491 e. The average Bonchev–Trinajstić information content (AvgIpc) is 2.38. The number of alkyl halides is 3. The fraction of sp³-hybridized carbons (Fsp3) is 0.462. The van der Waals surface area contributed by atoms with Crippen molar-refractivity contribution in [2.45, 2.75) is 13.1 Å². The van der Waals surface area contributed by atoms with Gasteiger partial charge in [0.1, 0.15) is 6.54 Å². The third kappa shape index (κ3) is 4.82. The van der Waals surface area contributed by atoms with Crippen molar-refractivity contribution in [1.82, 2.24) is 4.90 Å². The number of aliphatic hydroxyl groups is 1. The number of nitrogens with two attached hydrogens (primary N) is 1. The summed E-state index contributed by atoms with van der Waals surface area (Å²) in [5, 5.41) is 8.84. The zero-order valence-corrected chi connectivity index (χ0v) is 11.5. The molecule has 0 heterocycles. The highest BCUT2D eigenvalue weighted by Gasteiger charge is 2.34. The van der Waals surface area contributed by atoms with Crippen LogP contribution in [0.1, 0.15) is 17.3 Å². The predicted octanol–water partition coefficient (Wildman–Crippen LogP) is 1.66. The maximum atomic E-state index is 12.5. The number of aliphatic hydroxyl groups excluding tert-OH is 1. The molecule has 0 fully saturated rings. The van der Waals surface area contributed by atoms with E-state index in [1.165, 1.54) is 18.2 Å². The van der Waals surface area contributed by atoms with Crippen LogP contribution in [0.5, 0.6) is 5.75 Å². The number of carbonyl (C=O) groups excluding carboxylic acids is 1. The van der Waals surface area contributed by atoms with Crippen molar-refractivity contribution < 1.29 is 27.8 Å². The summed E-state index contributed by atoms with van der Waals surface area (Å²) >= 11 is 0. The SMILES string of the molecule is CCOc1c(N)cccc1C(=O)N(CCO)CC(F)(F)F. The minimum Gasteiger partial charge on any atom is -0.491 e. The third-order valence-electron chi connectivity index (χ3n) is 2.59. The van der Waals surface area contributed by atoms with Crippen LogP contribution in [0.25, 0.3) is 0 Å². The molecule has 21 heavy (non-hydrogen) atoms. The van der Waals surface area contributed by atoms with Gasteiger partial charge in [-0.25, -0.2) is 0 Å². The zero-order valence-electron chi connectivity index (χ0n) is 11.5. The second-order valence-electron chi connectivity index (χ2n) is 4.22. The molecule has 5 nitrogen and oxygen atoms in total. The molecular formula is C13H17F3N2O3. The van der Waals surface area contributed by atoms with Gasteiger partial charge in [-0.3, -0.25) is 4.79 Å². The molecule has 0 bridgehead atoms. The van der Waals surface area contributed by atoms with Crippen LogP contribution in [0.3, 0.4) is 0 Å². The van der Waals surface area contributed by atoms with Gasteiger partial charge in [0.2, 0.25) is 0 Å². The van der Waals surface area contributed by atoms with Gasteiger partial charge < -0.3 is 20.5 Å². The van der Waals surface area contributed by atoms with Gasteiger partial charge in [-0.1, -0.05) is 6.07 Å². The van der Waals surface area contributed by atoms with Gasteiger partial charge in [0, 0.05) is 6.54 Å². The van der Waals surface area contributed by atoms with Crippen molar-refractivity contribution in [3.63, 3.8) is 0 Å². The molecule has 0 aliphatic carbocycles. The first-order valence-corrected chi connectivity index (χ1v) is 6.28. The van der Waals surface area contributed by atoms with Crippen molar-refractivity contribution in [2.75, 3.05) is 32.0 Å². The summed E-state index contributed by atoms with van der Waals surface area (Å²) in [6.45, 7) is -0.574. The lowest BCUT2D eigenvalue weighted by Crippen LogP contribution is -2.40. The van der Waals surface area contributed by atoms with Crippen molar-refractivity contribution in [3.05, 3.63) is 23.8 Å². The van der Waals surface area contributed by atoms with Crippen LogP contribution in [-0.4, -0.2) is 48.4 Å². The Kier molecular flexibility index (Phi) is 5.83. The van der Waals surface area contributed by atoms with Crippen LogP contribution in [-0.2, 0) is 0 Å². The van der Waals surface area contributed by atoms with Crippen molar-refractivity contribution >= 4 is 11.6 Å². The summed E-state index contributed by atoms with van der Waals surface area (Å²) in [5.74, 6) is -0.841. The van der Waals surface area contributed by atoms with Crippen molar-refractivity contribution in [1.29, 1.82) is 0 Å². The zero-order chi connectivity index (χ0) is 16.0. The molecule has 1 amide bonds. The molecule has 0 aliphatic rings. The summed E-state index contributed by atoms with van der Waals surface area (Å²) in [4.78, 5) is 12.8. The van der Waals surface area contributed by atoms with Crippen LogP contribution in [0.15, 0.2) is 18.2 Å². The number of amides is 1. The molecule has 0 aromatic heterocycles. The number of benzene rings is 1. The first-order chi connectivity index (χ1) is 9.80. The lowest BCUT2D eigenvalue weighted by molar-refractivity contribution is -0.141. The molecule has 3 N–H and O–H groups in total. The molecule has 1 aromatic carbocycles. The van der Waals surface area contributed by atoms with Gasteiger partial charge in [-0.2, -0.15) is 13.2 Å². The van der Waals surface area contributed by atoms with Crippen molar-refractivity contribution in [2.24, 2.45) is 0 Å². The number of ether oxygens (including phenoxy) is 1. The highest BCUT2D eigenvalue weighted by Crippen LogP contribution is 2.28. The number of nitrogens with zero attached hydrogens (tertiary/aromatic N) is 1. The second kappa shape index (κ2) is 7.16. The third-order valence-corrected chi connectivity index (χ3v) is 2.59. The van der Waals surface area contributed by atoms with Gasteiger partial charge in [0.05, 0.1) is 24.5 Å². The maximum Gasteiger partial charge on any atom is 0.406 e. The first-order valence-electron chi connectivity index (χ1n) is 6.28. The van der Waals surface area contributed by atoms with Gasteiger partial charge in [-0.15, -0.1) is 0 Å². The van der Waals surface area contributed by atoms with E-state index in [0.717, 1.165) is 0 Å². The van der Waals surface area contributed by atoms with E-state index in [0.29, 0.717) is 4.90 Å². The molecular weight excluding hydrogens is 289 g/mol. The van der Waals surface area contributed by atoms with Gasteiger partial charge >= 0.3 is 6.18 Å². The Morgan fingerprint density at radius 2 is 2.10 bits per heavy atom. The molecule has 1 aromatic rings. The number of carbonyl (C=O) groups is 1. The average molecular weight is 306 g/mol. The van der Waals surface area contributed by atoms with Crippen LogP contribution in [0.4, 0.5) is 18.9 Å². The fourth-order valence-electron chi connectivity index (χ4n) is 1.79. The molecule has 0 unspecified atom stereocenters.